The highest BCUT2D eigenvalue weighted by molar-refractivity contribution is 5.88. The number of hydrogen-bond acceptors (Lipinski definition) is 2. The van der Waals surface area contributed by atoms with Crippen LogP contribution < -0.4 is 0 Å². The molecule has 0 amide bonds. The second kappa shape index (κ2) is 4.20. The minimum Gasteiger partial charge on any atom is -0.436 e. The van der Waals surface area contributed by atoms with Gasteiger partial charge in [0.2, 0.25) is 5.89 Å². The number of nitrogens with zero attached hydrogens (tertiary/aromatic N) is 1. The smallest absolute Gasteiger partial charge is 0.227 e. The Morgan fingerprint density at radius 3 is 2.35 bits per heavy atom. The second-order valence-electron chi connectivity index (χ2n) is 5.00. The molecular formula is C18H13NO. The maximum absolute atomic E-state index is 5.87. The Morgan fingerprint density at radius 1 is 0.850 bits per heavy atom. The molecule has 2 heteroatoms. The summed E-state index contributed by atoms with van der Waals surface area (Å²) in [5.74, 6) is 0.689. The van der Waals surface area contributed by atoms with Gasteiger partial charge in [0.1, 0.15) is 5.52 Å². The van der Waals surface area contributed by atoms with E-state index in [1.54, 1.807) is 0 Å². The number of rotatable bonds is 1. The number of benzene rings is 3. The molecule has 0 aliphatic carbocycles. The van der Waals surface area contributed by atoms with E-state index in [4.69, 9.17) is 4.42 Å². The van der Waals surface area contributed by atoms with Gasteiger partial charge in [0.25, 0.3) is 0 Å². The highest BCUT2D eigenvalue weighted by Crippen LogP contribution is 2.30. The molecule has 0 fully saturated rings. The fraction of sp³-hybridized carbons (Fsp3) is 0.0556. The Morgan fingerprint density at radius 2 is 1.55 bits per heavy atom. The first-order valence-electron chi connectivity index (χ1n) is 6.66. The van der Waals surface area contributed by atoms with Crippen molar-refractivity contribution in [2.75, 3.05) is 0 Å². The molecule has 0 bridgehead atoms. The number of aromatic nitrogens is 1. The first-order valence-corrected chi connectivity index (χ1v) is 6.66. The first kappa shape index (κ1) is 11.2. The van der Waals surface area contributed by atoms with Crippen LogP contribution in [0.2, 0.25) is 0 Å². The standard InChI is InChI=1S/C18H13NO/c1-12-10-13-6-2-3-7-14(13)11-15(12)18-19-16-8-4-5-9-17(16)20-18/h2-11H,1H3. The van der Waals surface area contributed by atoms with Crippen molar-refractivity contribution in [1.29, 1.82) is 0 Å². The molecule has 3 aromatic carbocycles. The van der Waals surface area contributed by atoms with Crippen molar-refractivity contribution in [3.8, 4) is 11.5 Å². The predicted molar refractivity (Wildman–Crippen MR) is 81.7 cm³/mol. The van der Waals surface area contributed by atoms with E-state index in [1.807, 2.05) is 30.3 Å². The minimum atomic E-state index is 0.689. The summed E-state index contributed by atoms with van der Waals surface area (Å²) in [5, 5.41) is 2.44. The third-order valence-electron chi connectivity index (χ3n) is 3.62. The van der Waals surface area contributed by atoms with Crippen molar-refractivity contribution >= 4 is 21.9 Å². The Kier molecular flexibility index (Phi) is 2.36. The third kappa shape index (κ3) is 1.69. The molecule has 4 rings (SSSR count). The highest BCUT2D eigenvalue weighted by atomic mass is 16.3. The number of aryl methyl sites for hydroxylation is 1. The highest BCUT2D eigenvalue weighted by Gasteiger charge is 2.11. The summed E-state index contributed by atoms with van der Waals surface area (Å²) < 4.78 is 5.87. The monoisotopic (exact) mass is 259 g/mol. The van der Waals surface area contributed by atoms with Gasteiger partial charge in [-0.25, -0.2) is 4.98 Å². The first-order chi connectivity index (χ1) is 9.81. The average Bonchev–Trinajstić information content (AvgIpc) is 2.90. The molecule has 0 saturated carbocycles. The molecule has 1 heterocycles. The Labute approximate surface area is 116 Å². The van der Waals surface area contributed by atoms with Gasteiger partial charge in [-0.1, -0.05) is 42.5 Å². The zero-order valence-electron chi connectivity index (χ0n) is 11.1. The number of oxazole rings is 1. The van der Waals surface area contributed by atoms with Gasteiger partial charge >= 0.3 is 0 Å². The van der Waals surface area contributed by atoms with Crippen molar-refractivity contribution in [1.82, 2.24) is 4.98 Å². The molecule has 1 aromatic heterocycles. The Balaban J connectivity index is 1.98. The summed E-state index contributed by atoms with van der Waals surface area (Å²) in [4.78, 5) is 4.58. The van der Waals surface area contributed by atoms with Crippen LogP contribution in [0.1, 0.15) is 5.56 Å². The zero-order valence-corrected chi connectivity index (χ0v) is 11.1. The summed E-state index contributed by atoms with van der Waals surface area (Å²) in [7, 11) is 0. The lowest BCUT2D eigenvalue weighted by Gasteiger charge is -2.04. The molecule has 4 aromatic rings. The van der Waals surface area contributed by atoms with Crippen molar-refractivity contribution in [2.24, 2.45) is 0 Å². The van der Waals surface area contributed by atoms with Gasteiger partial charge in [-0.2, -0.15) is 0 Å². The second-order valence-corrected chi connectivity index (χ2v) is 5.00. The van der Waals surface area contributed by atoms with Crippen LogP contribution in [0.5, 0.6) is 0 Å². The summed E-state index contributed by atoms with van der Waals surface area (Å²) in [6.07, 6.45) is 0. The van der Waals surface area contributed by atoms with Gasteiger partial charge in [0.05, 0.1) is 0 Å². The van der Waals surface area contributed by atoms with Crippen LogP contribution in [0.25, 0.3) is 33.3 Å². The zero-order chi connectivity index (χ0) is 13.5. The summed E-state index contributed by atoms with van der Waals surface area (Å²) in [6.45, 7) is 2.09. The summed E-state index contributed by atoms with van der Waals surface area (Å²) in [6, 6.07) is 20.5. The van der Waals surface area contributed by atoms with Crippen LogP contribution in [0, 0.1) is 6.92 Å². The van der Waals surface area contributed by atoms with Crippen molar-refractivity contribution in [3.05, 3.63) is 66.2 Å². The minimum absolute atomic E-state index is 0.689. The van der Waals surface area contributed by atoms with Crippen LogP contribution in [0.4, 0.5) is 0 Å². The SMILES string of the molecule is Cc1cc2ccccc2cc1-c1nc2ccccc2o1. The van der Waals surface area contributed by atoms with E-state index in [0.29, 0.717) is 5.89 Å². The molecule has 0 N–H and O–H groups in total. The van der Waals surface area contributed by atoms with Crippen molar-refractivity contribution in [3.63, 3.8) is 0 Å². The van der Waals surface area contributed by atoms with Gasteiger partial charge in [-0.05, 0) is 41.5 Å². The molecule has 2 nitrogen and oxygen atoms in total. The van der Waals surface area contributed by atoms with E-state index in [-0.39, 0.29) is 0 Å². The van der Waals surface area contributed by atoms with Gasteiger partial charge in [-0.15, -0.1) is 0 Å². The number of fused-ring (bicyclic) bond motifs is 2. The molecule has 0 atom stereocenters. The van der Waals surface area contributed by atoms with E-state index < -0.39 is 0 Å². The number of hydrogen-bond donors (Lipinski definition) is 0. The largest absolute Gasteiger partial charge is 0.436 e. The summed E-state index contributed by atoms with van der Waals surface area (Å²) in [5.41, 5.74) is 3.96. The normalized spacial score (nSPS) is 11.2. The van der Waals surface area contributed by atoms with Crippen LogP contribution in [0.3, 0.4) is 0 Å². The molecular weight excluding hydrogens is 246 g/mol. The van der Waals surface area contributed by atoms with Gasteiger partial charge < -0.3 is 4.42 Å². The van der Waals surface area contributed by atoms with Crippen LogP contribution in [0.15, 0.2) is 65.1 Å². The number of para-hydroxylation sites is 2. The van der Waals surface area contributed by atoms with Crippen LogP contribution in [-0.2, 0) is 0 Å². The average molecular weight is 259 g/mol. The molecule has 0 aliphatic heterocycles. The van der Waals surface area contributed by atoms with E-state index >= 15 is 0 Å². The molecule has 20 heavy (non-hydrogen) atoms. The fourth-order valence-corrected chi connectivity index (χ4v) is 2.57. The third-order valence-corrected chi connectivity index (χ3v) is 3.62. The Hall–Kier alpha value is -2.61. The predicted octanol–water partition coefficient (Wildman–Crippen LogP) is 4.96. The van der Waals surface area contributed by atoms with Gasteiger partial charge in [-0.3, -0.25) is 0 Å². The maximum atomic E-state index is 5.87. The quantitative estimate of drug-likeness (QED) is 0.483. The lowest BCUT2D eigenvalue weighted by atomic mass is 10.0. The van der Waals surface area contributed by atoms with E-state index in [1.165, 1.54) is 16.3 Å². The topological polar surface area (TPSA) is 26.0 Å². The molecule has 96 valence electrons. The lowest BCUT2D eigenvalue weighted by Crippen LogP contribution is -1.84. The molecule has 0 aliphatic rings. The summed E-state index contributed by atoms with van der Waals surface area (Å²) >= 11 is 0. The van der Waals surface area contributed by atoms with Gasteiger partial charge in [0, 0.05) is 5.56 Å². The molecule has 0 radical (unpaired) electrons. The molecule has 0 spiro atoms. The Bertz CT molecular complexity index is 888. The molecule has 0 saturated heterocycles. The lowest BCUT2D eigenvalue weighted by molar-refractivity contribution is 0.619. The fourth-order valence-electron chi connectivity index (χ4n) is 2.57. The van der Waals surface area contributed by atoms with Crippen molar-refractivity contribution in [2.45, 2.75) is 6.92 Å². The van der Waals surface area contributed by atoms with Gasteiger partial charge in [0.15, 0.2) is 5.58 Å². The van der Waals surface area contributed by atoms with E-state index in [9.17, 15) is 0 Å². The van der Waals surface area contributed by atoms with E-state index in [0.717, 1.165) is 16.7 Å². The van der Waals surface area contributed by atoms with E-state index in [2.05, 4.69) is 42.2 Å². The van der Waals surface area contributed by atoms with Crippen molar-refractivity contribution < 1.29 is 4.42 Å². The molecule has 0 unspecified atom stereocenters. The van der Waals surface area contributed by atoms with Crippen LogP contribution >= 0.6 is 0 Å². The maximum Gasteiger partial charge on any atom is 0.227 e. The van der Waals surface area contributed by atoms with Crippen LogP contribution in [-0.4, -0.2) is 4.98 Å².